The van der Waals surface area contributed by atoms with Crippen molar-refractivity contribution in [2.24, 2.45) is 0 Å². The van der Waals surface area contributed by atoms with Crippen LogP contribution in [0.25, 0.3) is 0 Å². The van der Waals surface area contributed by atoms with E-state index in [1.54, 1.807) is 12.1 Å². The van der Waals surface area contributed by atoms with Gasteiger partial charge in [0.05, 0.1) is 13.2 Å². The maximum Gasteiger partial charge on any atom is 0.266 e. The molecule has 5 nitrogen and oxygen atoms in total. The van der Waals surface area contributed by atoms with E-state index < -0.39 is 0 Å². The zero-order valence-electron chi connectivity index (χ0n) is 12.1. The molecule has 112 valence electrons. The fourth-order valence-corrected chi connectivity index (χ4v) is 2.30. The maximum absolute atomic E-state index is 13.0. The molecule has 1 aliphatic heterocycles. The van der Waals surface area contributed by atoms with E-state index in [-0.39, 0.29) is 17.8 Å². The largest absolute Gasteiger partial charge is 0.370 e. The first-order chi connectivity index (χ1) is 10.1. The molecule has 1 aromatic heterocycles. The lowest BCUT2D eigenvalue weighted by molar-refractivity contribution is 0.0390. The lowest BCUT2D eigenvalue weighted by Gasteiger charge is -2.32. The Morgan fingerprint density at radius 3 is 2.71 bits per heavy atom. The van der Waals surface area contributed by atoms with E-state index in [0.717, 1.165) is 12.1 Å². The van der Waals surface area contributed by atoms with Gasteiger partial charge in [0.25, 0.3) is 5.95 Å². The molecular weight excluding hydrogens is 273 g/mol. The Bertz CT molecular complexity index is 597. The summed E-state index contributed by atoms with van der Waals surface area (Å²) in [7, 11) is 0. The molecule has 1 saturated heterocycles. The van der Waals surface area contributed by atoms with Gasteiger partial charge in [0.1, 0.15) is 11.9 Å². The molecule has 21 heavy (non-hydrogen) atoms. The molecule has 0 radical (unpaired) electrons. The van der Waals surface area contributed by atoms with Crippen LogP contribution in [-0.4, -0.2) is 29.8 Å². The molecule has 2 heterocycles. The van der Waals surface area contributed by atoms with Gasteiger partial charge in [-0.3, -0.25) is 0 Å². The summed E-state index contributed by atoms with van der Waals surface area (Å²) in [5.41, 5.74) is 0.952. The Morgan fingerprint density at radius 2 is 2.05 bits per heavy atom. The third-order valence-corrected chi connectivity index (χ3v) is 3.52. The number of morpholine rings is 1. The summed E-state index contributed by atoms with van der Waals surface area (Å²) in [5, 5.41) is 4.03. The van der Waals surface area contributed by atoms with Gasteiger partial charge in [0.2, 0.25) is 5.89 Å². The van der Waals surface area contributed by atoms with Gasteiger partial charge in [-0.05, 0) is 22.9 Å². The molecule has 1 atom stereocenters. The monoisotopic (exact) mass is 291 g/mol. The second kappa shape index (κ2) is 5.81. The molecule has 0 N–H and O–H groups in total. The first-order valence-corrected chi connectivity index (χ1v) is 7.09. The number of anilines is 1. The average Bonchev–Trinajstić information content (AvgIpc) is 2.98. The van der Waals surface area contributed by atoms with Crippen molar-refractivity contribution in [2.45, 2.75) is 25.9 Å². The van der Waals surface area contributed by atoms with Crippen molar-refractivity contribution < 1.29 is 13.7 Å². The van der Waals surface area contributed by atoms with Crippen molar-refractivity contribution >= 4 is 5.95 Å². The molecule has 1 unspecified atom stereocenters. The van der Waals surface area contributed by atoms with E-state index in [4.69, 9.17) is 9.26 Å². The molecule has 0 spiro atoms. The van der Waals surface area contributed by atoms with Crippen LogP contribution in [0.4, 0.5) is 10.3 Å². The van der Waals surface area contributed by atoms with E-state index in [0.29, 0.717) is 25.0 Å². The molecule has 1 fully saturated rings. The highest BCUT2D eigenvalue weighted by Gasteiger charge is 2.25. The second-order valence-corrected chi connectivity index (χ2v) is 5.44. The topological polar surface area (TPSA) is 51.4 Å². The summed E-state index contributed by atoms with van der Waals surface area (Å²) >= 11 is 0. The van der Waals surface area contributed by atoms with Crippen LogP contribution >= 0.6 is 0 Å². The summed E-state index contributed by atoms with van der Waals surface area (Å²) in [6.07, 6.45) is -0.111. The Morgan fingerprint density at radius 1 is 1.29 bits per heavy atom. The smallest absolute Gasteiger partial charge is 0.266 e. The molecule has 1 aromatic carbocycles. The van der Waals surface area contributed by atoms with Gasteiger partial charge >= 0.3 is 0 Å². The molecule has 0 amide bonds. The number of aromatic nitrogens is 2. The van der Waals surface area contributed by atoms with Crippen LogP contribution in [-0.2, 0) is 4.74 Å². The molecule has 1 aliphatic rings. The number of hydrogen-bond acceptors (Lipinski definition) is 5. The van der Waals surface area contributed by atoms with Crippen molar-refractivity contribution in [2.75, 3.05) is 24.6 Å². The lowest BCUT2D eigenvalue weighted by atomic mass is 10.1. The van der Waals surface area contributed by atoms with Crippen LogP contribution < -0.4 is 4.90 Å². The predicted octanol–water partition coefficient (Wildman–Crippen LogP) is 2.91. The van der Waals surface area contributed by atoms with E-state index in [2.05, 4.69) is 10.1 Å². The van der Waals surface area contributed by atoms with Crippen LogP contribution in [0.3, 0.4) is 0 Å². The Balaban J connectivity index is 1.74. The van der Waals surface area contributed by atoms with Gasteiger partial charge < -0.3 is 14.2 Å². The highest BCUT2D eigenvalue weighted by atomic mass is 19.1. The minimum absolute atomic E-state index is 0.111. The quantitative estimate of drug-likeness (QED) is 0.870. The molecular formula is C15H18FN3O2. The van der Waals surface area contributed by atoms with Crippen LogP contribution in [0.15, 0.2) is 28.8 Å². The first-order valence-electron chi connectivity index (χ1n) is 7.09. The number of rotatable bonds is 3. The van der Waals surface area contributed by atoms with Crippen LogP contribution in [0.2, 0.25) is 0 Å². The van der Waals surface area contributed by atoms with Crippen molar-refractivity contribution in [3.05, 3.63) is 41.5 Å². The molecule has 0 saturated carbocycles. The van der Waals surface area contributed by atoms with E-state index in [1.165, 1.54) is 12.1 Å². The first kappa shape index (κ1) is 14.0. The van der Waals surface area contributed by atoms with E-state index in [9.17, 15) is 4.39 Å². The summed E-state index contributed by atoms with van der Waals surface area (Å²) in [4.78, 5) is 6.44. The van der Waals surface area contributed by atoms with Crippen molar-refractivity contribution in [1.82, 2.24) is 10.1 Å². The Hall–Kier alpha value is -1.95. The van der Waals surface area contributed by atoms with Crippen molar-refractivity contribution in [3.63, 3.8) is 0 Å². The van der Waals surface area contributed by atoms with Crippen molar-refractivity contribution in [3.8, 4) is 0 Å². The standard InChI is InChI=1S/C15H18FN3O2/c1-10(2)14-17-15(18-21-14)19-7-8-20-13(9-19)11-3-5-12(16)6-4-11/h3-6,10,13H,7-9H2,1-2H3. The van der Waals surface area contributed by atoms with Gasteiger partial charge in [0, 0.05) is 12.5 Å². The van der Waals surface area contributed by atoms with Gasteiger partial charge in [-0.1, -0.05) is 26.0 Å². The SMILES string of the molecule is CC(C)c1nc(N2CCOC(c3ccc(F)cc3)C2)no1. The number of ether oxygens (including phenoxy) is 1. The molecule has 6 heteroatoms. The van der Waals surface area contributed by atoms with E-state index in [1.807, 2.05) is 18.7 Å². The third kappa shape index (κ3) is 3.05. The second-order valence-electron chi connectivity index (χ2n) is 5.44. The minimum Gasteiger partial charge on any atom is -0.370 e. The zero-order valence-corrected chi connectivity index (χ0v) is 12.1. The van der Waals surface area contributed by atoms with Crippen LogP contribution in [0.5, 0.6) is 0 Å². The lowest BCUT2D eigenvalue weighted by Crippen LogP contribution is -2.39. The van der Waals surface area contributed by atoms with Crippen LogP contribution in [0, 0.1) is 5.82 Å². The zero-order chi connectivity index (χ0) is 14.8. The number of nitrogens with zero attached hydrogens (tertiary/aromatic N) is 3. The minimum atomic E-state index is -0.244. The summed E-state index contributed by atoms with van der Waals surface area (Å²) in [5.74, 6) is 1.19. The Kier molecular flexibility index (Phi) is 3.88. The molecule has 3 rings (SSSR count). The van der Waals surface area contributed by atoms with Crippen LogP contribution in [0.1, 0.15) is 37.3 Å². The molecule has 0 bridgehead atoms. The summed E-state index contributed by atoms with van der Waals surface area (Å²) in [6, 6.07) is 6.39. The summed E-state index contributed by atoms with van der Waals surface area (Å²) in [6.45, 7) is 5.95. The van der Waals surface area contributed by atoms with Gasteiger partial charge in [-0.2, -0.15) is 4.98 Å². The van der Waals surface area contributed by atoms with Gasteiger partial charge in [-0.15, -0.1) is 0 Å². The van der Waals surface area contributed by atoms with E-state index >= 15 is 0 Å². The predicted molar refractivity (Wildman–Crippen MR) is 75.7 cm³/mol. The maximum atomic E-state index is 13.0. The van der Waals surface area contributed by atoms with Crippen molar-refractivity contribution in [1.29, 1.82) is 0 Å². The molecule has 2 aromatic rings. The van der Waals surface area contributed by atoms with Gasteiger partial charge in [0.15, 0.2) is 0 Å². The molecule has 0 aliphatic carbocycles. The fourth-order valence-electron chi connectivity index (χ4n) is 2.30. The van der Waals surface area contributed by atoms with Gasteiger partial charge in [-0.25, -0.2) is 4.39 Å². The average molecular weight is 291 g/mol. The fraction of sp³-hybridized carbons (Fsp3) is 0.467. The number of benzene rings is 1. The number of hydrogen-bond donors (Lipinski definition) is 0. The normalized spacial score (nSPS) is 19.2. The number of halogens is 1. The highest BCUT2D eigenvalue weighted by Crippen LogP contribution is 2.25. The third-order valence-electron chi connectivity index (χ3n) is 3.52. The highest BCUT2D eigenvalue weighted by molar-refractivity contribution is 5.31. The Labute approximate surface area is 122 Å². The summed E-state index contributed by atoms with van der Waals surface area (Å²) < 4.78 is 24.0.